The Morgan fingerprint density at radius 3 is 2.72 bits per heavy atom. The molecule has 5 heteroatoms. The van der Waals surface area contributed by atoms with E-state index >= 15 is 0 Å². The molecular formula is C20H29N3O2. The van der Waals surface area contributed by atoms with Gasteiger partial charge in [0.25, 0.3) is 0 Å². The maximum atomic E-state index is 13.3. The standard InChI is InChI=1S/C20H29N3O2/c1-21-11-8-17(9-12-21)23-10-4-6-18(23)20(24)22-13-14-25-19-7-3-2-5-16(19)15-22/h2-3,5,7,17-18H,4,6,8-15H2,1H3/t18-/m0/s1. The van der Waals surface area contributed by atoms with Gasteiger partial charge in [-0.2, -0.15) is 0 Å². The Morgan fingerprint density at radius 2 is 1.88 bits per heavy atom. The molecule has 0 unspecified atom stereocenters. The van der Waals surface area contributed by atoms with Gasteiger partial charge in [-0.25, -0.2) is 0 Å². The molecular weight excluding hydrogens is 314 g/mol. The quantitative estimate of drug-likeness (QED) is 0.823. The first-order valence-electron chi connectivity index (χ1n) is 9.66. The molecule has 136 valence electrons. The maximum Gasteiger partial charge on any atom is 0.240 e. The minimum Gasteiger partial charge on any atom is -0.491 e. The summed E-state index contributed by atoms with van der Waals surface area (Å²) in [5, 5.41) is 0. The summed E-state index contributed by atoms with van der Waals surface area (Å²) in [5.74, 6) is 1.23. The molecule has 0 N–H and O–H groups in total. The van der Waals surface area contributed by atoms with Crippen LogP contribution >= 0.6 is 0 Å². The number of likely N-dealkylation sites (tertiary alicyclic amines) is 2. The third-order valence-electron chi connectivity index (χ3n) is 6.00. The highest BCUT2D eigenvalue weighted by atomic mass is 16.5. The van der Waals surface area contributed by atoms with E-state index in [0.29, 0.717) is 31.6 Å². The number of piperidine rings is 1. The number of rotatable bonds is 2. The van der Waals surface area contributed by atoms with E-state index in [1.807, 2.05) is 23.1 Å². The van der Waals surface area contributed by atoms with Gasteiger partial charge in [0.1, 0.15) is 12.4 Å². The average Bonchev–Trinajstić information content (AvgIpc) is 3.01. The Labute approximate surface area is 150 Å². The molecule has 1 amide bonds. The van der Waals surface area contributed by atoms with E-state index in [2.05, 4.69) is 22.9 Å². The topological polar surface area (TPSA) is 36.0 Å². The Morgan fingerprint density at radius 1 is 1.08 bits per heavy atom. The lowest BCUT2D eigenvalue weighted by atomic mass is 10.0. The summed E-state index contributed by atoms with van der Waals surface area (Å²) in [7, 11) is 2.19. The van der Waals surface area contributed by atoms with Crippen molar-refractivity contribution in [3.63, 3.8) is 0 Å². The second-order valence-corrected chi connectivity index (χ2v) is 7.65. The van der Waals surface area contributed by atoms with Crippen molar-refractivity contribution in [1.29, 1.82) is 0 Å². The first-order valence-corrected chi connectivity index (χ1v) is 9.66. The normalized spacial score (nSPS) is 26.1. The zero-order chi connectivity index (χ0) is 17.2. The fourth-order valence-electron chi connectivity index (χ4n) is 4.54. The lowest BCUT2D eigenvalue weighted by Gasteiger charge is -2.39. The molecule has 25 heavy (non-hydrogen) atoms. The van der Waals surface area contributed by atoms with Crippen LogP contribution in [0.3, 0.4) is 0 Å². The van der Waals surface area contributed by atoms with Crippen molar-refractivity contribution in [3.05, 3.63) is 29.8 Å². The fraction of sp³-hybridized carbons (Fsp3) is 0.650. The molecule has 3 aliphatic rings. The molecule has 0 saturated carbocycles. The molecule has 4 rings (SSSR count). The highest BCUT2D eigenvalue weighted by molar-refractivity contribution is 5.82. The Kier molecular flexibility index (Phi) is 4.95. The molecule has 0 aliphatic carbocycles. The molecule has 0 spiro atoms. The van der Waals surface area contributed by atoms with Crippen LogP contribution in [-0.2, 0) is 11.3 Å². The molecule has 5 nitrogen and oxygen atoms in total. The summed E-state index contributed by atoms with van der Waals surface area (Å²) in [4.78, 5) is 20.2. The fourth-order valence-corrected chi connectivity index (χ4v) is 4.54. The number of nitrogens with zero attached hydrogens (tertiary/aromatic N) is 3. The molecule has 1 aromatic rings. The SMILES string of the molecule is CN1CCC(N2CCC[C@H]2C(=O)N2CCOc3ccccc3C2)CC1. The third kappa shape index (κ3) is 3.53. The van der Waals surface area contributed by atoms with E-state index in [9.17, 15) is 4.79 Å². The van der Waals surface area contributed by atoms with Gasteiger partial charge in [0.2, 0.25) is 5.91 Å². The Bertz CT molecular complexity index is 613. The van der Waals surface area contributed by atoms with Gasteiger partial charge in [0.05, 0.1) is 12.6 Å². The summed E-state index contributed by atoms with van der Waals surface area (Å²) in [6.07, 6.45) is 4.52. The predicted octanol–water partition coefficient (Wildman–Crippen LogP) is 1.97. The summed E-state index contributed by atoms with van der Waals surface area (Å²) >= 11 is 0. The number of benzene rings is 1. The van der Waals surface area contributed by atoms with Crippen LogP contribution in [0.15, 0.2) is 24.3 Å². The highest BCUT2D eigenvalue weighted by Crippen LogP contribution is 2.29. The van der Waals surface area contributed by atoms with Gasteiger partial charge in [-0.1, -0.05) is 18.2 Å². The Hall–Kier alpha value is -1.59. The van der Waals surface area contributed by atoms with E-state index < -0.39 is 0 Å². The molecule has 1 aromatic carbocycles. The molecule has 0 bridgehead atoms. The lowest BCUT2D eigenvalue weighted by Crippen LogP contribution is -2.52. The number of para-hydroxylation sites is 1. The van der Waals surface area contributed by atoms with Gasteiger partial charge >= 0.3 is 0 Å². The van der Waals surface area contributed by atoms with Crippen LogP contribution in [0, 0.1) is 0 Å². The number of ether oxygens (including phenoxy) is 1. The van der Waals surface area contributed by atoms with Crippen molar-refractivity contribution in [2.75, 3.05) is 39.8 Å². The molecule has 2 saturated heterocycles. The van der Waals surface area contributed by atoms with Crippen molar-refractivity contribution < 1.29 is 9.53 Å². The summed E-state index contributed by atoms with van der Waals surface area (Å²) in [5.41, 5.74) is 1.12. The Balaban J connectivity index is 1.46. The minimum absolute atomic E-state index is 0.0682. The van der Waals surface area contributed by atoms with Crippen molar-refractivity contribution in [2.45, 2.75) is 44.3 Å². The molecule has 1 atom stereocenters. The van der Waals surface area contributed by atoms with Crippen molar-refractivity contribution in [3.8, 4) is 5.75 Å². The zero-order valence-corrected chi connectivity index (χ0v) is 15.2. The van der Waals surface area contributed by atoms with Crippen LogP contribution in [0.25, 0.3) is 0 Å². The maximum absolute atomic E-state index is 13.3. The largest absolute Gasteiger partial charge is 0.491 e. The predicted molar refractivity (Wildman–Crippen MR) is 97.6 cm³/mol. The summed E-state index contributed by atoms with van der Waals surface area (Å²) in [6.45, 7) is 5.31. The summed E-state index contributed by atoms with van der Waals surface area (Å²) in [6, 6.07) is 8.74. The number of hydrogen-bond donors (Lipinski definition) is 0. The first-order chi connectivity index (χ1) is 12.2. The molecule has 3 heterocycles. The van der Waals surface area contributed by atoms with Gasteiger partial charge in [-0.3, -0.25) is 9.69 Å². The second kappa shape index (κ2) is 7.34. The third-order valence-corrected chi connectivity index (χ3v) is 6.00. The van der Waals surface area contributed by atoms with Crippen molar-refractivity contribution >= 4 is 5.91 Å². The lowest BCUT2D eigenvalue weighted by molar-refractivity contribution is -0.137. The number of fused-ring (bicyclic) bond motifs is 1. The van der Waals surface area contributed by atoms with Gasteiger partial charge in [-0.15, -0.1) is 0 Å². The van der Waals surface area contributed by atoms with Crippen LogP contribution in [-0.4, -0.2) is 72.5 Å². The van der Waals surface area contributed by atoms with Crippen LogP contribution in [0.5, 0.6) is 5.75 Å². The number of hydrogen-bond acceptors (Lipinski definition) is 4. The smallest absolute Gasteiger partial charge is 0.240 e. The van der Waals surface area contributed by atoms with Crippen LogP contribution in [0.4, 0.5) is 0 Å². The van der Waals surface area contributed by atoms with Crippen molar-refractivity contribution in [2.24, 2.45) is 0 Å². The number of carbonyl (C=O) groups is 1. The molecule has 2 fully saturated rings. The molecule has 3 aliphatic heterocycles. The number of carbonyl (C=O) groups excluding carboxylic acids is 1. The monoisotopic (exact) mass is 343 g/mol. The average molecular weight is 343 g/mol. The van der Waals surface area contributed by atoms with Crippen molar-refractivity contribution in [1.82, 2.24) is 14.7 Å². The van der Waals surface area contributed by atoms with E-state index in [1.165, 1.54) is 12.8 Å². The number of amides is 1. The van der Waals surface area contributed by atoms with Crippen LogP contribution in [0.2, 0.25) is 0 Å². The second-order valence-electron chi connectivity index (χ2n) is 7.65. The molecule has 0 aromatic heterocycles. The van der Waals surface area contributed by atoms with Gasteiger partial charge in [0.15, 0.2) is 0 Å². The van der Waals surface area contributed by atoms with Gasteiger partial charge in [-0.05, 0) is 58.4 Å². The first kappa shape index (κ1) is 16.9. The molecule has 0 radical (unpaired) electrons. The zero-order valence-electron chi connectivity index (χ0n) is 15.2. The van der Waals surface area contributed by atoms with E-state index in [0.717, 1.165) is 43.8 Å². The van der Waals surface area contributed by atoms with E-state index in [-0.39, 0.29) is 6.04 Å². The van der Waals surface area contributed by atoms with E-state index in [1.54, 1.807) is 0 Å². The highest BCUT2D eigenvalue weighted by Gasteiger charge is 2.38. The van der Waals surface area contributed by atoms with Crippen LogP contribution < -0.4 is 4.74 Å². The minimum atomic E-state index is 0.0682. The summed E-state index contributed by atoms with van der Waals surface area (Å²) < 4.78 is 5.83. The van der Waals surface area contributed by atoms with Gasteiger partial charge < -0.3 is 14.5 Å². The van der Waals surface area contributed by atoms with Crippen LogP contribution in [0.1, 0.15) is 31.2 Å². The van der Waals surface area contributed by atoms with E-state index in [4.69, 9.17) is 4.74 Å². The van der Waals surface area contributed by atoms with Gasteiger partial charge in [0, 0.05) is 18.2 Å².